The van der Waals surface area contributed by atoms with Gasteiger partial charge in [-0.15, -0.1) is 10.3 Å². The molecule has 4 heteroatoms. The van der Waals surface area contributed by atoms with Crippen LogP contribution in [0, 0.1) is 5.92 Å². The van der Waals surface area contributed by atoms with E-state index in [0.717, 1.165) is 6.42 Å². The Morgan fingerprint density at radius 2 is 1.93 bits per heavy atom. The first-order valence-electron chi connectivity index (χ1n) is 5.40. The minimum absolute atomic E-state index is 0.0343. The number of rotatable bonds is 2. The Labute approximate surface area is 91.6 Å². The van der Waals surface area contributed by atoms with Gasteiger partial charge < -0.3 is 5.32 Å². The molecule has 1 amide bonds. The van der Waals surface area contributed by atoms with Crippen LogP contribution in [-0.2, 0) is 10.0 Å². The number of nitrogens with one attached hydrogen (secondary N) is 1. The van der Waals surface area contributed by atoms with Crippen molar-refractivity contribution < 1.29 is 10.0 Å². The third-order valence-corrected chi connectivity index (χ3v) is 3.42. The molecule has 1 atom stereocenters. The highest BCUT2D eigenvalue weighted by Crippen LogP contribution is 2.43. The Balaban J connectivity index is 2.71. The van der Waals surface area contributed by atoms with Gasteiger partial charge in [0.2, 0.25) is 5.91 Å². The molecule has 1 fully saturated rings. The molecule has 0 bridgehead atoms. The molecule has 0 aromatic carbocycles. The number of hydroxylamine groups is 2. The zero-order chi connectivity index (χ0) is 11.9. The summed E-state index contributed by atoms with van der Waals surface area (Å²) in [5.74, 6) is 0.182. The van der Waals surface area contributed by atoms with Gasteiger partial charge in [-0.05, 0) is 40.0 Å². The summed E-state index contributed by atoms with van der Waals surface area (Å²) in [7, 11) is 0. The van der Waals surface area contributed by atoms with Gasteiger partial charge in [0.05, 0.1) is 0 Å². The first-order chi connectivity index (χ1) is 6.68. The second-order valence-electron chi connectivity index (χ2n) is 5.60. The lowest BCUT2D eigenvalue weighted by Gasteiger charge is -2.33. The first kappa shape index (κ1) is 12.5. The molecule has 1 heterocycles. The van der Waals surface area contributed by atoms with Gasteiger partial charge in [-0.2, -0.15) is 0 Å². The molecule has 1 saturated heterocycles. The molecule has 0 aliphatic carbocycles. The van der Waals surface area contributed by atoms with Crippen LogP contribution in [0.25, 0.3) is 0 Å². The Morgan fingerprint density at radius 1 is 1.40 bits per heavy atom. The lowest BCUT2D eigenvalue weighted by Crippen LogP contribution is -2.47. The zero-order valence-corrected chi connectivity index (χ0v) is 10.3. The molecular formula is C11H21N2O2. The highest BCUT2D eigenvalue weighted by Gasteiger charge is 2.52. The molecule has 0 spiro atoms. The summed E-state index contributed by atoms with van der Waals surface area (Å²) in [5, 5.41) is 16.0. The van der Waals surface area contributed by atoms with Crippen LogP contribution in [0.5, 0.6) is 0 Å². The van der Waals surface area contributed by atoms with Gasteiger partial charge in [-0.1, -0.05) is 0 Å². The third-order valence-electron chi connectivity index (χ3n) is 3.42. The van der Waals surface area contributed by atoms with Gasteiger partial charge in [0.15, 0.2) is 0 Å². The fourth-order valence-electron chi connectivity index (χ4n) is 2.47. The maximum Gasteiger partial charge on any atom is 0.216 e. The van der Waals surface area contributed by atoms with Crippen molar-refractivity contribution in [3.05, 3.63) is 0 Å². The first-order valence-corrected chi connectivity index (χ1v) is 5.40. The molecule has 1 rings (SSSR count). The lowest BCUT2D eigenvalue weighted by atomic mass is 9.87. The van der Waals surface area contributed by atoms with Crippen molar-refractivity contribution in [1.29, 1.82) is 0 Å². The summed E-state index contributed by atoms with van der Waals surface area (Å²) < 4.78 is 0. The maximum absolute atomic E-state index is 12.0. The fourth-order valence-corrected chi connectivity index (χ4v) is 2.47. The summed E-state index contributed by atoms with van der Waals surface area (Å²) in [6.07, 6.45) is 0.823. The van der Waals surface area contributed by atoms with E-state index < -0.39 is 5.54 Å². The summed E-state index contributed by atoms with van der Waals surface area (Å²) in [4.78, 5) is 10.9. The summed E-state index contributed by atoms with van der Waals surface area (Å²) >= 11 is 0. The van der Waals surface area contributed by atoms with E-state index in [1.807, 2.05) is 27.7 Å². The van der Waals surface area contributed by atoms with Crippen molar-refractivity contribution >= 4 is 5.91 Å². The quantitative estimate of drug-likeness (QED) is 0.752. The SMILES string of the molecule is CC(=O)NCC1CC(C)(C)N([O])C1(C)C. The van der Waals surface area contributed by atoms with Crippen LogP contribution in [0.15, 0.2) is 0 Å². The number of nitrogens with zero attached hydrogens (tertiary/aromatic N) is 1. The van der Waals surface area contributed by atoms with E-state index in [4.69, 9.17) is 0 Å². The van der Waals surface area contributed by atoms with Crippen molar-refractivity contribution in [2.45, 2.75) is 52.1 Å². The van der Waals surface area contributed by atoms with E-state index in [9.17, 15) is 10.0 Å². The molecule has 1 aliphatic rings. The van der Waals surface area contributed by atoms with Gasteiger partial charge in [0.1, 0.15) is 0 Å². The molecule has 0 aromatic heterocycles. The van der Waals surface area contributed by atoms with Gasteiger partial charge in [-0.25, -0.2) is 0 Å². The molecule has 4 nitrogen and oxygen atoms in total. The van der Waals surface area contributed by atoms with E-state index >= 15 is 0 Å². The van der Waals surface area contributed by atoms with Crippen molar-refractivity contribution in [3.63, 3.8) is 0 Å². The number of hydrogen-bond donors (Lipinski definition) is 1. The van der Waals surface area contributed by atoms with E-state index in [-0.39, 0.29) is 17.4 Å². The van der Waals surface area contributed by atoms with Crippen molar-refractivity contribution in [2.75, 3.05) is 6.54 Å². The van der Waals surface area contributed by atoms with Crippen LogP contribution in [0.2, 0.25) is 0 Å². The monoisotopic (exact) mass is 213 g/mol. The molecule has 1 aliphatic heterocycles. The maximum atomic E-state index is 12.0. The molecular weight excluding hydrogens is 192 g/mol. The third kappa shape index (κ3) is 2.32. The Morgan fingerprint density at radius 3 is 2.27 bits per heavy atom. The summed E-state index contributed by atoms with van der Waals surface area (Å²) in [5.41, 5.74) is -0.724. The second kappa shape index (κ2) is 3.76. The van der Waals surface area contributed by atoms with Crippen molar-refractivity contribution in [3.8, 4) is 0 Å². The largest absolute Gasteiger partial charge is 0.356 e. The number of amides is 1. The minimum Gasteiger partial charge on any atom is -0.356 e. The van der Waals surface area contributed by atoms with Gasteiger partial charge in [0, 0.05) is 24.5 Å². The van der Waals surface area contributed by atoms with Crippen molar-refractivity contribution in [1.82, 2.24) is 10.4 Å². The number of carbonyl (C=O) groups excluding carboxylic acids is 1. The molecule has 1 N–H and O–H groups in total. The van der Waals surface area contributed by atoms with E-state index in [1.165, 1.54) is 12.0 Å². The Bertz CT molecular complexity index is 261. The highest BCUT2D eigenvalue weighted by molar-refractivity contribution is 5.72. The standard InChI is InChI=1S/C11H21N2O2/c1-8(14)12-7-9-6-10(2,3)13(15)11(9,4)5/h9H,6-7H2,1-5H3,(H,12,14). The van der Waals surface area contributed by atoms with Crippen LogP contribution in [0.3, 0.4) is 0 Å². The van der Waals surface area contributed by atoms with Crippen LogP contribution in [-0.4, -0.2) is 28.6 Å². The van der Waals surface area contributed by atoms with Gasteiger partial charge in [0.25, 0.3) is 0 Å². The predicted octanol–water partition coefficient (Wildman–Crippen LogP) is 1.35. The zero-order valence-electron chi connectivity index (χ0n) is 10.3. The Hall–Kier alpha value is -0.610. The van der Waals surface area contributed by atoms with E-state index in [2.05, 4.69) is 5.32 Å². The smallest absolute Gasteiger partial charge is 0.216 e. The van der Waals surface area contributed by atoms with E-state index in [1.54, 1.807) is 0 Å². The number of hydrogen-bond acceptors (Lipinski definition) is 2. The molecule has 1 unspecified atom stereocenters. The van der Waals surface area contributed by atoms with Crippen LogP contribution >= 0.6 is 0 Å². The molecule has 1 radical (unpaired) electrons. The van der Waals surface area contributed by atoms with Crippen molar-refractivity contribution in [2.24, 2.45) is 5.92 Å². The normalized spacial score (nSPS) is 29.1. The second-order valence-corrected chi connectivity index (χ2v) is 5.60. The minimum atomic E-state index is -0.397. The van der Waals surface area contributed by atoms with E-state index in [0.29, 0.717) is 6.54 Å². The molecule has 15 heavy (non-hydrogen) atoms. The number of carbonyl (C=O) groups is 1. The lowest BCUT2D eigenvalue weighted by molar-refractivity contribution is -0.248. The predicted molar refractivity (Wildman–Crippen MR) is 57.5 cm³/mol. The molecule has 0 saturated carbocycles. The topological polar surface area (TPSA) is 52.2 Å². The van der Waals surface area contributed by atoms with Crippen LogP contribution in [0.4, 0.5) is 0 Å². The van der Waals surface area contributed by atoms with Crippen LogP contribution in [0.1, 0.15) is 41.0 Å². The Kier molecular flexibility index (Phi) is 3.12. The molecule has 0 aromatic rings. The average molecular weight is 213 g/mol. The van der Waals surface area contributed by atoms with Gasteiger partial charge >= 0.3 is 0 Å². The summed E-state index contributed by atoms with van der Waals surface area (Å²) in [6, 6.07) is 0. The van der Waals surface area contributed by atoms with Crippen LogP contribution < -0.4 is 5.32 Å². The molecule has 87 valence electrons. The van der Waals surface area contributed by atoms with Gasteiger partial charge in [-0.3, -0.25) is 4.79 Å². The highest BCUT2D eigenvalue weighted by atomic mass is 16.5. The summed E-state index contributed by atoms with van der Waals surface area (Å²) in [6.45, 7) is 9.89. The average Bonchev–Trinajstić information content (AvgIpc) is 2.23. The fraction of sp³-hybridized carbons (Fsp3) is 0.909.